The molecular weight excluding hydrogens is 524 g/mol. The summed E-state index contributed by atoms with van der Waals surface area (Å²) in [5, 5.41) is 11.2. The molecule has 0 saturated heterocycles. The molecule has 2 heterocycles. The summed E-state index contributed by atoms with van der Waals surface area (Å²) in [6, 6.07) is 5.72. The van der Waals surface area contributed by atoms with Gasteiger partial charge >= 0.3 is 0 Å². The Kier molecular flexibility index (Phi) is 6.21. The number of aromatic nitrogens is 4. The summed E-state index contributed by atoms with van der Waals surface area (Å²) in [6.45, 7) is 0.570. The van der Waals surface area contributed by atoms with Crippen molar-refractivity contribution in [1.29, 1.82) is 0 Å². The molecule has 0 saturated carbocycles. The lowest BCUT2D eigenvalue weighted by atomic mass is 10.2. The van der Waals surface area contributed by atoms with Crippen LogP contribution in [0.3, 0.4) is 0 Å². The number of hydrogen-bond acceptors (Lipinski definition) is 6. The number of ether oxygens (including phenoxy) is 2. The van der Waals surface area contributed by atoms with Crippen molar-refractivity contribution in [3.63, 3.8) is 0 Å². The first kappa shape index (κ1) is 18.0. The third-order valence-corrected chi connectivity index (χ3v) is 4.03. The monoisotopic (exact) mass is 539 g/mol. The van der Waals surface area contributed by atoms with Crippen molar-refractivity contribution in [3.05, 3.63) is 33.8 Å². The van der Waals surface area contributed by atoms with Gasteiger partial charge in [0.1, 0.15) is 27.3 Å². The molecule has 0 fully saturated rings. The molecule has 0 aliphatic heterocycles. The number of fused-ring (bicyclic) bond motifs is 1. The van der Waals surface area contributed by atoms with Gasteiger partial charge in [0.25, 0.3) is 0 Å². The lowest BCUT2D eigenvalue weighted by Gasteiger charge is -2.12. The molecule has 3 aromatic rings. The molecule has 1 aromatic carbocycles. The van der Waals surface area contributed by atoms with Crippen LogP contribution in [0.4, 0.5) is 5.82 Å². The number of aromatic amines is 1. The van der Waals surface area contributed by atoms with Crippen molar-refractivity contribution in [2.45, 2.75) is 6.54 Å². The first-order chi connectivity index (χ1) is 10.7. The Balaban J connectivity index is 0.00000192. The highest BCUT2D eigenvalue weighted by molar-refractivity contribution is 14.1. The van der Waals surface area contributed by atoms with Gasteiger partial charge in [-0.25, -0.2) is 9.97 Å². The van der Waals surface area contributed by atoms with E-state index in [1.807, 2.05) is 18.2 Å². The Labute approximate surface area is 163 Å². The van der Waals surface area contributed by atoms with E-state index in [0.29, 0.717) is 12.2 Å². The number of halogens is 2. The second-order valence-corrected chi connectivity index (χ2v) is 5.51. The van der Waals surface area contributed by atoms with Crippen LogP contribution in [0, 0.1) is 3.70 Å². The van der Waals surface area contributed by atoms with Crippen LogP contribution in [0.5, 0.6) is 11.5 Å². The topological polar surface area (TPSA) is 85.0 Å². The van der Waals surface area contributed by atoms with Crippen molar-refractivity contribution >= 4 is 63.4 Å². The van der Waals surface area contributed by atoms with Gasteiger partial charge in [-0.15, -0.1) is 24.0 Å². The SMILES string of the molecule is COc1ccc(CNc2ncnc3[nH]nc(I)c23)c(OC)c1.I. The summed E-state index contributed by atoms with van der Waals surface area (Å²) in [6.07, 6.45) is 1.50. The number of hydrogen-bond donors (Lipinski definition) is 2. The third kappa shape index (κ3) is 3.76. The van der Waals surface area contributed by atoms with Crippen LogP contribution in [-0.2, 0) is 6.54 Å². The van der Waals surface area contributed by atoms with E-state index in [1.54, 1.807) is 14.2 Å². The smallest absolute Gasteiger partial charge is 0.161 e. The predicted octanol–water partition coefficient (Wildman–Crippen LogP) is 3.20. The Morgan fingerprint density at radius 3 is 2.78 bits per heavy atom. The lowest BCUT2D eigenvalue weighted by Crippen LogP contribution is -2.04. The van der Waals surface area contributed by atoms with Gasteiger partial charge in [0.05, 0.1) is 19.6 Å². The minimum absolute atomic E-state index is 0. The van der Waals surface area contributed by atoms with Gasteiger partial charge in [-0.2, -0.15) is 5.10 Å². The molecule has 0 aliphatic carbocycles. The molecule has 23 heavy (non-hydrogen) atoms. The molecule has 3 rings (SSSR count). The van der Waals surface area contributed by atoms with E-state index in [-0.39, 0.29) is 24.0 Å². The van der Waals surface area contributed by atoms with E-state index in [1.165, 1.54) is 6.33 Å². The molecule has 0 spiro atoms. The lowest BCUT2D eigenvalue weighted by molar-refractivity contribution is 0.391. The second-order valence-electron chi connectivity index (χ2n) is 4.49. The fraction of sp³-hybridized carbons (Fsp3) is 0.214. The van der Waals surface area contributed by atoms with E-state index in [2.05, 4.69) is 48.1 Å². The molecule has 2 aromatic heterocycles. The molecule has 0 unspecified atom stereocenters. The first-order valence-corrected chi connectivity index (χ1v) is 7.60. The molecule has 7 nitrogen and oxygen atoms in total. The van der Waals surface area contributed by atoms with E-state index in [9.17, 15) is 0 Å². The molecular formula is C14H15I2N5O2. The molecule has 0 bridgehead atoms. The van der Waals surface area contributed by atoms with Crippen LogP contribution in [0.25, 0.3) is 11.0 Å². The molecule has 0 atom stereocenters. The number of nitrogens with one attached hydrogen (secondary N) is 2. The Hall–Kier alpha value is -1.37. The highest BCUT2D eigenvalue weighted by atomic mass is 127. The molecule has 0 aliphatic rings. The number of anilines is 1. The van der Waals surface area contributed by atoms with Crippen molar-refractivity contribution in [2.24, 2.45) is 0 Å². The number of rotatable bonds is 5. The molecule has 0 amide bonds. The Morgan fingerprint density at radius 1 is 1.22 bits per heavy atom. The number of nitrogens with zero attached hydrogens (tertiary/aromatic N) is 3. The minimum atomic E-state index is 0. The number of H-pyrrole nitrogens is 1. The van der Waals surface area contributed by atoms with Gasteiger partial charge in [-0.3, -0.25) is 5.10 Å². The average molecular weight is 539 g/mol. The maximum atomic E-state index is 5.40. The van der Waals surface area contributed by atoms with Gasteiger partial charge < -0.3 is 14.8 Å². The van der Waals surface area contributed by atoms with Crippen molar-refractivity contribution in [2.75, 3.05) is 19.5 Å². The normalized spacial score (nSPS) is 10.2. The first-order valence-electron chi connectivity index (χ1n) is 6.52. The second kappa shape index (κ2) is 7.95. The van der Waals surface area contributed by atoms with E-state index >= 15 is 0 Å². The van der Waals surface area contributed by atoms with Crippen molar-refractivity contribution < 1.29 is 9.47 Å². The molecule has 0 radical (unpaired) electrons. The molecule has 9 heteroatoms. The summed E-state index contributed by atoms with van der Waals surface area (Å²) in [4.78, 5) is 8.45. The van der Waals surface area contributed by atoms with E-state index < -0.39 is 0 Å². The minimum Gasteiger partial charge on any atom is -0.497 e. The maximum Gasteiger partial charge on any atom is 0.161 e. The summed E-state index contributed by atoms with van der Waals surface area (Å²) >= 11 is 2.15. The van der Waals surface area contributed by atoms with Crippen molar-refractivity contribution in [1.82, 2.24) is 20.2 Å². The highest BCUT2D eigenvalue weighted by Crippen LogP contribution is 2.27. The zero-order valence-corrected chi connectivity index (χ0v) is 16.9. The van der Waals surface area contributed by atoms with Gasteiger partial charge in [0, 0.05) is 18.2 Å². The van der Waals surface area contributed by atoms with Gasteiger partial charge in [-0.1, -0.05) is 0 Å². The largest absolute Gasteiger partial charge is 0.497 e. The summed E-state index contributed by atoms with van der Waals surface area (Å²) in [5.74, 6) is 2.26. The van der Waals surface area contributed by atoms with Crippen molar-refractivity contribution in [3.8, 4) is 11.5 Å². The number of benzene rings is 1. The van der Waals surface area contributed by atoms with Gasteiger partial charge in [0.15, 0.2) is 5.65 Å². The predicted molar refractivity (Wildman–Crippen MR) is 107 cm³/mol. The quantitative estimate of drug-likeness (QED) is 0.485. The Morgan fingerprint density at radius 2 is 2.04 bits per heavy atom. The average Bonchev–Trinajstić information content (AvgIpc) is 2.94. The standard InChI is InChI=1S/C14H14IN5O2.HI/c1-21-9-4-3-8(10(5-9)22-2)6-16-13-11-12(15)19-20-14(11)18-7-17-13;/h3-5,7H,6H2,1-2H3,(H2,16,17,18,19,20);1H. The van der Waals surface area contributed by atoms with E-state index in [4.69, 9.17) is 9.47 Å². The number of methoxy groups -OCH3 is 2. The van der Waals surface area contributed by atoms with Crippen LogP contribution < -0.4 is 14.8 Å². The molecule has 2 N–H and O–H groups in total. The summed E-state index contributed by atoms with van der Waals surface area (Å²) in [7, 11) is 3.27. The maximum absolute atomic E-state index is 5.40. The highest BCUT2D eigenvalue weighted by Gasteiger charge is 2.11. The summed E-state index contributed by atoms with van der Waals surface area (Å²) < 4.78 is 11.4. The van der Waals surface area contributed by atoms with Gasteiger partial charge in [-0.05, 0) is 34.7 Å². The van der Waals surface area contributed by atoms with Crippen LogP contribution in [0.2, 0.25) is 0 Å². The fourth-order valence-electron chi connectivity index (χ4n) is 2.13. The zero-order chi connectivity index (χ0) is 15.5. The van der Waals surface area contributed by atoms with Gasteiger partial charge in [0.2, 0.25) is 0 Å². The van der Waals surface area contributed by atoms with Crippen LogP contribution in [0.1, 0.15) is 5.56 Å². The zero-order valence-electron chi connectivity index (χ0n) is 12.5. The van der Waals surface area contributed by atoms with Crippen LogP contribution >= 0.6 is 46.6 Å². The fourth-order valence-corrected chi connectivity index (χ4v) is 2.77. The third-order valence-electron chi connectivity index (χ3n) is 3.25. The summed E-state index contributed by atoms with van der Waals surface area (Å²) in [5.41, 5.74) is 1.72. The molecule has 122 valence electrons. The van der Waals surface area contributed by atoms with E-state index in [0.717, 1.165) is 32.0 Å². The van der Waals surface area contributed by atoms with Crippen LogP contribution in [0.15, 0.2) is 24.5 Å². The van der Waals surface area contributed by atoms with Crippen LogP contribution in [-0.4, -0.2) is 34.4 Å². The Bertz CT molecular complexity index is 809.